The van der Waals surface area contributed by atoms with Crippen LogP contribution >= 0.6 is 0 Å². The van der Waals surface area contributed by atoms with E-state index in [-0.39, 0.29) is 11.6 Å². The summed E-state index contributed by atoms with van der Waals surface area (Å²) in [4.78, 5) is 2.21. The summed E-state index contributed by atoms with van der Waals surface area (Å²) in [6, 6.07) is 1.67. The Morgan fingerprint density at radius 1 is 1.71 bits per heavy atom. The van der Waals surface area contributed by atoms with Crippen molar-refractivity contribution in [3.63, 3.8) is 0 Å². The number of nitriles is 1. The normalized spacial score (nSPS) is 31.0. The molecule has 0 amide bonds. The van der Waals surface area contributed by atoms with E-state index in [0.717, 1.165) is 25.9 Å². The second-order valence-electron chi connectivity index (χ2n) is 4.23. The smallest absolute Gasteiger partial charge is 0.106 e. The van der Waals surface area contributed by atoms with Gasteiger partial charge in [-0.25, -0.2) is 0 Å². The lowest BCUT2D eigenvalue weighted by Gasteiger charge is -2.39. The quantitative estimate of drug-likeness (QED) is 0.708. The third kappa shape index (κ3) is 2.95. The standard InChI is InChI=1S/C10H19N3O/c1-10(14-2)4-3-5-13(8-10)7-9(12)6-11/h9H,3-5,7-8,12H2,1-2H3. The molecule has 0 spiro atoms. The van der Waals surface area contributed by atoms with E-state index >= 15 is 0 Å². The molecule has 1 saturated heterocycles. The van der Waals surface area contributed by atoms with Crippen molar-refractivity contribution in [3.8, 4) is 6.07 Å². The van der Waals surface area contributed by atoms with Gasteiger partial charge >= 0.3 is 0 Å². The number of rotatable bonds is 3. The largest absolute Gasteiger partial charge is 0.377 e. The third-order valence-corrected chi connectivity index (χ3v) is 2.85. The van der Waals surface area contributed by atoms with Gasteiger partial charge in [0.25, 0.3) is 0 Å². The Kier molecular flexibility index (Phi) is 3.87. The van der Waals surface area contributed by atoms with Crippen molar-refractivity contribution in [2.24, 2.45) is 5.73 Å². The van der Waals surface area contributed by atoms with Gasteiger partial charge in [0.15, 0.2) is 0 Å². The molecule has 2 unspecified atom stereocenters. The van der Waals surface area contributed by atoms with E-state index in [2.05, 4.69) is 17.9 Å². The molecule has 0 aromatic rings. The second-order valence-corrected chi connectivity index (χ2v) is 4.23. The second kappa shape index (κ2) is 4.74. The van der Waals surface area contributed by atoms with E-state index in [9.17, 15) is 0 Å². The van der Waals surface area contributed by atoms with Crippen molar-refractivity contribution in [2.75, 3.05) is 26.7 Å². The van der Waals surface area contributed by atoms with Crippen molar-refractivity contribution in [2.45, 2.75) is 31.4 Å². The van der Waals surface area contributed by atoms with Gasteiger partial charge in [-0.2, -0.15) is 5.26 Å². The Balaban J connectivity index is 2.45. The van der Waals surface area contributed by atoms with Crippen LogP contribution in [0.25, 0.3) is 0 Å². The highest BCUT2D eigenvalue weighted by molar-refractivity contribution is 4.92. The zero-order valence-electron chi connectivity index (χ0n) is 8.99. The molecule has 4 nitrogen and oxygen atoms in total. The summed E-state index contributed by atoms with van der Waals surface area (Å²) in [5, 5.41) is 8.62. The lowest BCUT2D eigenvalue weighted by molar-refractivity contribution is -0.0507. The molecule has 0 aliphatic carbocycles. The number of hydrogen-bond acceptors (Lipinski definition) is 4. The molecule has 1 aliphatic heterocycles. The fourth-order valence-electron chi connectivity index (χ4n) is 1.95. The van der Waals surface area contributed by atoms with Gasteiger partial charge in [0.05, 0.1) is 11.7 Å². The van der Waals surface area contributed by atoms with Gasteiger partial charge in [0.1, 0.15) is 6.04 Å². The number of hydrogen-bond donors (Lipinski definition) is 1. The molecule has 0 saturated carbocycles. The summed E-state index contributed by atoms with van der Waals surface area (Å²) >= 11 is 0. The summed E-state index contributed by atoms with van der Waals surface area (Å²) in [7, 11) is 1.74. The third-order valence-electron chi connectivity index (χ3n) is 2.85. The first kappa shape index (κ1) is 11.4. The van der Waals surface area contributed by atoms with E-state index in [1.54, 1.807) is 7.11 Å². The number of ether oxygens (including phenoxy) is 1. The molecule has 1 fully saturated rings. The summed E-state index contributed by atoms with van der Waals surface area (Å²) in [5.74, 6) is 0. The van der Waals surface area contributed by atoms with Crippen molar-refractivity contribution in [3.05, 3.63) is 0 Å². The highest BCUT2D eigenvalue weighted by Crippen LogP contribution is 2.23. The number of nitrogens with two attached hydrogens (primary N) is 1. The van der Waals surface area contributed by atoms with Gasteiger partial charge in [0, 0.05) is 20.2 Å². The molecular formula is C10H19N3O. The first-order valence-corrected chi connectivity index (χ1v) is 5.02. The molecular weight excluding hydrogens is 178 g/mol. The Morgan fingerprint density at radius 3 is 3.00 bits per heavy atom. The number of nitrogens with zero attached hydrogens (tertiary/aromatic N) is 2. The maximum absolute atomic E-state index is 8.62. The highest BCUT2D eigenvalue weighted by atomic mass is 16.5. The zero-order chi connectivity index (χ0) is 10.6. The van der Waals surface area contributed by atoms with Crippen molar-refractivity contribution in [1.29, 1.82) is 5.26 Å². The lowest BCUT2D eigenvalue weighted by atomic mass is 9.94. The first-order valence-electron chi connectivity index (χ1n) is 5.02. The molecule has 1 heterocycles. The van der Waals surface area contributed by atoms with Crippen LogP contribution in [0.4, 0.5) is 0 Å². The average molecular weight is 197 g/mol. The molecule has 80 valence electrons. The van der Waals surface area contributed by atoms with Crippen LogP contribution in [-0.2, 0) is 4.74 Å². The fraction of sp³-hybridized carbons (Fsp3) is 0.900. The minimum absolute atomic E-state index is 0.0621. The van der Waals surface area contributed by atoms with Crippen LogP contribution in [0.5, 0.6) is 0 Å². The molecule has 14 heavy (non-hydrogen) atoms. The van der Waals surface area contributed by atoms with Crippen LogP contribution in [0.15, 0.2) is 0 Å². The Labute approximate surface area is 85.6 Å². The van der Waals surface area contributed by atoms with Crippen molar-refractivity contribution in [1.82, 2.24) is 4.90 Å². The lowest BCUT2D eigenvalue weighted by Crippen LogP contribution is -2.50. The molecule has 1 rings (SSSR count). The Hall–Kier alpha value is -0.630. The molecule has 0 bridgehead atoms. The molecule has 2 atom stereocenters. The topological polar surface area (TPSA) is 62.3 Å². The highest BCUT2D eigenvalue weighted by Gasteiger charge is 2.30. The average Bonchev–Trinajstić information content (AvgIpc) is 2.18. The maximum Gasteiger partial charge on any atom is 0.106 e. The van der Waals surface area contributed by atoms with Gasteiger partial charge in [-0.05, 0) is 26.3 Å². The number of piperidine rings is 1. The Bertz CT molecular complexity index is 226. The molecule has 0 aromatic heterocycles. The van der Waals surface area contributed by atoms with Crippen LogP contribution < -0.4 is 5.73 Å². The van der Waals surface area contributed by atoms with E-state index < -0.39 is 0 Å². The summed E-state index contributed by atoms with van der Waals surface area (Å²) in [6.45, 7) is 4.65. The molecule has 0 aromatic carbocycles. The number of likely N-dealkylation sites (tertiary alicyclic amines) is 1. The van der Waals surface area contributed by atoms with Crippen molar-refractivity contribution >= 4 is 0 Å². The van der Waals surface area contributed by atoms with E-state index in [1.807, 2.05) is 0 Å². The molecule has 0 radical (unpaired) electrons. The van der Waals surface area contributed by atoms with E-state index in [4.69, 9.17) is 15.7 Å². The minimum Gasteiger partial charge on any atom is -0.377 e. The van der Waals surface area contributed by atoms with Gasteiger partial charge in [-0.15, -0.1) is 0 Å². The van der Waals surface area contributed by atoms with Gasteiger partial charge in [-0.1, -0.05) is 0 Å². The van der Waals surface area contributed by atoms with Crippen LogP contribution in [0.2, 0.25) is 0 Å². The number of methoxy groups -OCH3 is 1. The monoisotopic (exact) mass is 197 g/mol. The fourth-order valence-corrected chi connectivity index (χ4v) is 1.95. The zero-order valence-corrected chi connectivity index (χ0v) is 8.99. The minimum atomic E-state index is -0.380. The summed E-state index contributed by atoms with van der Waals surface area (Å²) < 4.78 is 5.46. The maximum atomic E-state index is 8.62. The molecule has 1 aliphatic rings. The summed E-state index contributed by atoms with van der Waals surface area (Å²) in [5.41, 5.74) is 5.53. The molecule has 4 heteroatoms. The van der Waals surface area contributed by atoms with Crippen molar-refractivity contribution < 1.29 is 4.74 Å². The van der Waals surface area contributed by atoms with Crippen LogP contribution in [0.1, 0.15) is 19.8 Å². The van der Waals surface area contributed by atoms with Gasteiger partial charge < -0.3 is 10.5 Å². The van der Waals surface area contributed by atoms with Gasteiger partial charge in [-0.3, -0.25) is 4.90 Å². The first-order chi connectivity index (χ1) is 6.59. The van der Waals surface area contributed by atoms with Gasteiger partial charge in [0.2, 0.25) is 0 Å². The van der Waals surface area contributed by atoms with Crippen LogP contribution in [-0.4, -0.2) is 43.3 Å². The SMILES string of the molecule is COC1(C)CCCN(CC(N)C#N)C1. The van der Waals surface area contributed by atoms with E-state index in [0.29, 0.717) is 6.54 Å². The Morgan fingerprint density at radius 2 is 2.43 bits per heavy atom. The predicted octanol–water partition coefficient (Wildman–Crippen LogP) is 0.338. The molecule has 2 N–H and O–H groups in total. The van der Waals surface area contributed by atoms with Crippen LogP contribution in [0, 0.1) is 11.3 Å². The van der Waals surface area contributed by atoms with Crippen LogP contribution in [0.3, 0.4) is 0 Å². The summed E-state index contributed by atoms with van der Waals surface area (Å²) in [6.07, 6.45) is 2.20. The van der Waals surface area contributed by atoms with E-state index in [1.165, 1.54) is 0 Å². The predicted molar refractivity (Wildman–Crippen MR) is 54.7 cm³/mol.